The van der Waals surface area contributed by atoms with Crippen molar-refractivity contribution in [1.82, 2.24) is 20.3 Å². The van der Waals surface area contributed by atoms with E-state index >= 15 is 0 Å². The molecule has 2 aromatic carbocycles. The van der Waals surface area contributed by atoms with Gasteiger partial charge in [-0.15, -0.1) is 11.8 Å². The Labute approximate surface area is 301 Å². The summed E-state index contributed by atoms with van der Waals surface area (Å²) in [5, 5.41) is 13.6. The number of halogens is 2. The summed E-state index contributed by atoms with van der Waals surface area (Å²) in [7, 11) is -4.12. The molecule has 11 nitrogen and oxygen atoms in total. The number of thioether (sulfide) groups is 1. The first-order chi connectivity index (χ1) is 23.9. The minimum Gasteiger partial charge on any atom is -0.465 e. The molecule has 2 aliphatic carbocycles. The predicted octanol–water partition coefficient (Wildman–Crippen LogP) is 5.11. The molecule has 2 aromatic rings. The third-order valence-corrected chi connectivity index (χ3v) is 13.4. The van der Waals surface area contributed by atoms with Crippen LogP contribution in [-0.2, 0) is 29.2 Å². The van der Waals surface area contributed by atoms with Crippen LogP contribution in [0.15, 0.2) is 54.6 Å². The predicted molar refractivity (Wildman–Crippen MR) is 191 cm³/mol. The molecule has 278 valence electrons. The van der Waals surface area contributed by atoms with E-state index in [2.05, 4.69) is 10.6 Å². The van der Waals surface area contributed by atoms with Crippen molar-refractivity contribution >= 4 is 45.6 Å². The third-order valence-electron chi connectivity index (χ3n) is 9.95. The van der Waals surface area contributed by atoms with Crippen molar-refractivity contribution in [3.63, 3.8) is 0 Å². The molecule has 4 N–H and O–H groups in total. The standard InChI is InChI=1S/C36H46F2N4O7S2/c1-5-6-18-50-35(24-14-12-23(13-15-24)22-10-8-7-9-11-22)20-27(42(21-35)31(44)28(34(2,3)4)39-33(46)47)30(43)40-36(19-26(36)29(37)38)32(45)41-51(48,49)25-16-17-25/h7-15,25-29,39H,5-6,16-21H2,1-4H3,(H,40,43)(H,41,45)(H,46,47)/t26-,27-,28+,35-,36+/m0/s1. The molecule has 0 aromatic heterocycles. The van der Waals surface area contributed by atoms with Gasteiger partial charge in [-0.05, 0) is 60.0 Å². The van der Waals surface area contributed by atoms with E-state index in [9.17, 15) is 41.5 Å². The number of nitrogens with zero attached hydrogens (tertiary/aromatic N) is 1. The van der Waals surface area contributed by atoms with Gasteiger partial charge < -0.3 is 20.6 Å². The number of hydrogen-bond acceptors (Lipinski definition) is 7. The highest BCUT2D eigenvalue weighted by atomic mass is 32.2. The van der Waals surface area contributed by atoms with Crippen LogP contribution in [0.5, 0.6) is 0 Å². The average molecular weight is 749 g/mol. The van der Waals surface area contributed by atoms with Gasteiger partial charge in [0.25, 0.3) is 5.91 Å². The maximum absolute atomic E-state index is 14.4. The van der Waals surface area contributed by atoms with Crippen molar-refractivity contribution in [2.45, 2.75) is 100 Å². The molecule has 1 saturated heterocycles. The van der Waals surface area contributed by atoms with Crippen LogP contribution in [0.4, 0.5) is 13.6 Å². The lowest BCUT2D eigenvalue weighted by molar-refractivity contribution is -0.143. The number of carboxylic acid groups (broad SMARTS) is 1. The largest absolute Gasteiger partial charge is 0.465 e. The molecule has 0 spiro atoms. The fourth-order valence-electron chi connectivity index (χ4n) is 6.72. The number of likely N-dealkylation sites (tertiary alicyclic amines) is 1. The van der Waals surface area contributed by atoms with Gasteiger partial charge in [0.1, 0.15) is 17.6 Å². The Bertz CT molecular complexity index is 1740. The molecule has 5 atom stereocenters. The van der Waals surface area contributed by atoms with Crippen LogP contribution in [0.25, 0.3) is 11.1 Å². The summed E-state index contributed by atoms with van der Waals surface area (Å²) in [6.07, 6.45) is -2.53. The lowest BCUT2D eigenvalue weighted by Gasteiger charge is -2.35. The van der Waals surface area contributed by atoms with Crippen molar-refractivity contribution in [2.24, 2.45) is 11.3 Å². The second kappa shape index (κ2) is 14.7. The van der Waals surface area contributed by atoms with E-state index in [-0.39, 0.29) is 13.0 Å². The van der Waals surface area contributed by atoms with Gasteiger partial charge in [-0.25, -0.2) is 22.0 Å². The van der Waals surface area contributed by atoms with E-state index in [1.807, 2.05) is 66.2 Å². The zero-order valence-electron chi connectivity index (χ0n) is 29.2. The quantitative estimate of drug-likeness (QED) is 0.194. The van der Waals surface area contributed by atoms with Crippen molar-refractivity contribution in [2.75, 3.05) is 12.3 Å². The molecule has 51 heavy (non-hydrogen) atoms. The number of unbranched alkanes of at least 4 members (excludes halogenated alkanes) is 1. The average Bonchev–Trinajstić information content (AvgIpc) is 4.00. The minimum atomic E-state index is -4.12. The summed E-state index contributed by atoms with van der Waals surface area (Å²) in [4.78, 5) is 55.3. The van der Waals surface area contributed by atoms with Crippen LogP contribution in [0.3, 0.4) is 0 Å². The summed E-state index contributed by atoms with van der Waals surface area (Å²) in [6.45, 7) is 7.07. The molecule has 15 heteroatoms. The van der Waals surface area contributed by atoms with Crippen LogP contribution in [0.1, 0.15) is 71.8 Å². The number of amides is 4. The smallest absolute Gasteiger partial charge is 0.405 e. The van der Waals surface area contributed by atoms with E-state index in [1.165, 1.54) is 4.90 Å². The Morgan fingerprint density at radius 3 is 2.16 bits per heavy atom. The van der Waals surface area contributed by atoms with E-state index in [0.717, 1.165) is 29.5 Å². The summed E-state index contributed by atoms with van der Waals surface area (Å²) in [5.74, 6) is -3.77. The molecule has 0 unspecified atom stereocenters. The zero-order valence-corrected chi connectivity index (χ0v) is 30.8. The molecule has 0 radical (unpaired) electrons. The van der Waals surface area contributed by atoms with Gasteiger partial charge in [-0.3, -0.25) is 19.1 Å². The topological polar surface area (TPSA) is 162 Å². The molecule has 0 bridgehead atoms. The molecule has 2 saturated carbocycles. The van der Waals surface area contributed by atoms with E-state index in [1.54, 1.807) is 32.5 Å². The lowest BCUT2D eigenvalue weighted by Crippen LogP contribution is -2.60. The molecular weight excluding hydrogens is 703 g/mol. The van der Waals surface area contributed by atoms with Crippen LogP contribution >= 0.6 is 11.8 Å². The molecule has 1 heterocycles. The SMILES string of the molecule is CCCCS[C@@]1(c2ccc(-c3ccccc3)cc2)C[C@@H](C(=O)N[C@]2(C(=O)NS(=O)(=O)C3CC3)C[C@H]2C(F)F)N(C(=O)[C@@H](NC(=O)O)C(C)(C)C)C1. The Morgan fingerprint density at radius 1 is 1.00 bits per heavy atom. The van der Waals surface area contributed by atoms with Crippen molar-refractivity contribution in [1.29, 1.82) is 0 Å². The zero-order chi connectivity index (χ0) is 37.4. The molecule has 4 amide bonds. The highest BCUT2D eigenvalue weighted by Gasteiger charge is 2.67. The van der Waals surface area contributed by atoms with E-state index < -0.39 is 85.6 Å². The summed E-state index contributed by atoms with van der Waals surface area (Å²) in [5.41, 5.74) is -0.357. The molecule has 1 aliphatic heterocycles. The maximum Gasteiger partial charge on any atom is 0.405 e. The number of nitrogens with one attached hydrogen (secondary N) is 3. The number of benzene rings is 2. The fourth-order valence-corrected chi connectivity index (χ4v) is 9.72. The van der Waals surface area contributed by atoms with Gasteiger partial charge in [0.15, 0.2) is 0 Å². The van der Waals surface area contributed by atoms with Gasteiger partial charge in [0, 0.05) is 6.54 Å². The molecule has 5 rings (SSSR count). The van der Waals surface area contributed by atoms with E-state index in [4.69, 9.17) is 0 Å². The van der Waals surface area contributed by atoms with Gasteiger partial charge in [0.05, 0.1) is 15.9 Å². The fraction of sp³-hybridized carbons (Fsp3) is 0.556. The number of carbonyl (C=O) groups excluding carboxylic acids is 3. The van der Waals surface area contributed by atoms with Gasteiger partial charge in [0.2, 0.25) is 28.3 Å². The van der Waals surface area contributed by atoms with Crippen LogP contribution in [-0.4, -0.2) is 83.8 Å². The van der Waals surface area contributed by atoms with Crippen molar-refractivity contribution in [3.8, 4) is 11.1 Å². The molecule has 3 fully saturated rings. The lowest BCUT2D eigenvalue weighted by atomic mass is 9.85. The Morgan fingerprint density at radius 2 is 1.63 bits per heavy atom. The monoisotopic (exact) mass is 748 g/mol. The van der Waals surface area contributed by atoms with Gasteiger partial charge >= 0.3 is 6.09 Å². The number of hydrogen-bond donors (Lipinski definition) is 4. The molecular formula is C36H46F2N4O7S2. The Balaban J connectivity index is 1.54. The highest BCUT2D eigenvalue weighted by Crippen LogP contribution is 2.51. The minimum absolute atomic E-state index is 0.00953. The summed E-state index contributed by atoms with van der Waals surface area (Å²) in [6, 6.07) is 14.9. The van der Waals surface area contributed by atoms with Crippen LogP contribution in [0.2, 0.25) is 0 Å². The Kier molecular flexibility index (Phi) is 11.1. The Hall–Kier alpha value is -3.72. The number of sulfonamides is 1. The number of alkyl halides is 2. The summed E-state index contributed by atoms with van der Waals surface area (Å²) >= 11 is 1.56. The normalized spacial score (nSPS) is 25.3. The van der Waals surface area contributed by atoms with Crippen LogP contribution in [0, 0.1) is 11.3 Å². The number of rotatable bonds is 14. The maximum atomic E-state index is 14.4. The summed E-state index contributed by atoms with van der Waals surface area (Å²) < 4.78 is 54.6. The van der Waals surface area contributed by atoms with Crippen molar-refractivity contribution in [3.05, 3.63) is 60.2 Å². The molecule has 3 aliphatic rings. The van der Waals surface area contributed by atoms with Crippen molar-refractivity contribution < 1.29 is 41.5 Å². The van der Waals surface area contributed by atoms with Gasteiger partial charge in [-0.2, -0.15) is 0 Å². The first kappa shape index (κ1) is 38.5. The van der Waals surface area contributed by atoms with Gasteiger partial charge in [-0.1, -0.05) is 88.7 Å². The first-order valence-electron chi connectivity index (χ1n) is 17.2. The number of carbonyl (C=O) groups is 4. The highest BCUT2D eigenvalue weighted by molar-refractivity contribution is 8.00. The second-order valence-corrected chi connectivity index (χ2v) is 18.3. The third kappa shape index (κ3) is 8.34. The first-order valence-corrected chi connectivity index (χ1v) is 19.7. The van der Waals surface area contributed by atoms with E-state index in [0.29, 0.717) is 18.6 Å². The second-order valence-electron chi connectivity index (χ2n) is 14.9. The van der Waals surface area contributed by atoms with Crippen LogP contribution < -0.4 is 15.4 Å².